The van der Waals surface area contributed by atoms with E-state index in [1.54, 1.807) is 12.4 Å². The number of nitrogen functional groups attached to an aromatic ring is 1. The molecule has 8 nitrogen and oxygen atoms in total. The van der Waals surface area contributed by atoms with Gasteiger partial charge in [-0.2, -0.15) is 0 Å². The van der Waals surface area contributed by atoms with Crippen LogP contribution in [0.5, 0.6) is 0 Å². The van der Waals surface area contributed by atoms with Crippen LogP contribution in [-0.4, -0.2) is 27.2 Å². The summed E-state index contributed by atoms with van der Waals surface area (Å²) in [4.78, 5) is 24.1. The van der Waals surface area contributed by atoms with Gasteiger partial charge in [0.05, 0.1) is 11.9 Å². The average Bonchev–Trinajstić information content (AvgIpc) is 3.54. The van der Waals surface area contributed by atoms with Gasteiger partial charge in [-0.15, -0.1) is 0 Å². The maximum atomic E-state index is 12.2. The molecular formula is C25H26N6O2. The van der Waals surface area contributed by atoms with Gasteiger partial charge in [-0.1, -0.05) is 42.3 Å². The molecule has 4 N–H and O–H groups in total. The van der Waals surface area contributed by atoms with Crippen molar-refractivity contribution < 1.29 is 4.52 Å². The molecule has 0 atom stereocenters. The van der Waals surface area contributed by atoms with E-state index >= 15 is 0 Å². The molecule has 5 rings (SSSR count). The van der Waals surface area contributed by atoms with Crippen LogP contribution in [0.2, 0.25) is 0 Å². The van der Waals surface area contributed by atoms with Crippen molar-refractivity contribution in [1.82, 2.24) is 25.4 Å². The molecule has 3 aromatic heterocycles. The summed E-state index contributed by atoms with van der Waals surface area (Å²) in [5.41, 5.74) is 11.5. The lowest BCUT2D eigenvalue weighted by atomic mass is 10.1. The van der Waals surface area contributed by atoms with Crippen molar-refractivity contribution in [3.8, 4) is 34.0 Å². The van der Waals surface area contributed by atoms with Crippen molar-refractivity contribution in [3.63, 3.8) is 0 Å². The minimum atomic E-state index is -0.0522. The molecule has 0 saturated heterocycles. The Morgan fingerprint density at radius 3 is 2.73 bits per heavy atom. The fraction of sp³-hybridized carbons (Fsp3) is 0.280. The molecule has 4 aromatic rings. The van der Waals surface area contributed by atoms with Gasteiger partial charge in [-0.3, -0.25) is 4.79 Å². The molecular weight excluding hydrogens is 416 g/mol. The Hall–Kier alpha value is -3.78. The monoisotopic (exact) mass is 442 g/mol. The molecule has 1 aliphatic carbocycles. The molecule has 168 valence electrons. The Kier molecular flexibility index (Phi) is 5.75. The highest BCUT2D eigenvalue weighted by Crippen LogP contribution is 2.33. The second-order valence-corrected chi connectivity index (χ2v) is 8.52. The third-order valence-corrected chi connectivity index (χ3v) is 5.97. The lowest BCUT2D eigenvalue weighted by molar-refractivity contribution is 0.434. The van der Waals surface area contributed by atoms with Gasteiger partial charge in [0.1, 0.15) is 5.69 Å². The first-order valence-corrected chi connectivity index (χ1v) is 11.2. The van der Waals surface area contributed by atoms with Gasteiger partial charge in [0.15, 0.2) is 17.3 Å². The van der Waals surface area contributed by atoms with Crippen LogP contribution in [0.15, 0.2) is 58.1 Å². The van der Waals surface area contributed by atoms with Gasteiger partial charge < -0.3 is 20.6 Å². The molecule has 3 heterocycles. The lowest BCUT2D eigenvalue weighted by Crippen LogP contribution is -2.12. The second kappa shape index (κ2) is 8.99. The van der Waals surface area contributed by atoms with Crippen LogP contribution in [0.3, 0.4) is 0 Å². The number of nitrogens with zero attached hydrogens (tertiary/aromatic N) is 3. The minimum Gasteiger partial charge on any atom is -0.382 e. The summed E-state index contributed by atoms with van der Waals surface area (Å²) in [7, 11) is 1.92. The van der Waals surface area contributed by atoms with Crippen molar-refractivity contribution in [1.29, 1.82) is 0 Å². The highest BCUT2D eigenvalue weighted by atomic mass is 16.5. The maximum absolute atomic E-state index is 12.2. The number of aryl methyl sites for hydroxylation is 1. The second-order valence-electron chi connectivity index (χ2n) is 8.52. The first-order valence-electron chi connectivity index (χ1n) is 11.2. The van der Waals surface area contributed by atoms with Gasteiger partial charge in [0.25, 0.3) is 5.56 Å². The largest absolute Gasteiger partial charge is 0.382 e. The van der Waals surface area contributed by atoms with Crippen molar-refractivity contribution >= 4 is 5.82 Å². The molecule has 0 radical (unpaired) electrons. The standard InChI is InChI=1S/C25H26N6O2/c1-27-12-16-5-7-17(8-6-16)20-11-22(33-31-20)23-24(26)28-14-21(30-23)19-10-18(25(32)29-13-19)9-4-15-2-3-15/h5-8,10-11,13-15,27H,2-4,9,12H2,1H3,(H2,26,28)(H,29,32). The van der Waals surface area contributed by atoms with Gasteiger partial charge in [0.2, 0.25) is 0 Å². The lowest BCUT2D eigenvalue weighted by Gasteiger charge is -2.06. The summed E-state index contributed by atoms with van der Waals surface area (Å²) in [6.07, 6.45) is 7.61. The molecule has 1 aliphatic rings. The van der Waals surface area contributed by atoms with E-state index in [4.69, 9.17) is 10.3 Å². The van der Waals surface area contributed by atoms with Crippen LogP contribution >= 0.6 is 0 Å². The Balaban J connectivity index is 1.42. The molecule has 1 fully saturated rings. The van der Waals surface area contributed by atoms with Crippen LogP contribution in [0, 0.1) is 5.92 Å². The number of aromatic nitrogens is 4. The van der Waals surface area contributed by atoms with Crippen LogP contribution in [0.25, 0.3) is 34.0 Å². The first-order chi connectivity index (χ1) is 16.1. The van der Waals surface area contributed by atoms with Crippen molar-refractivity contribution in [2.24, 2.45) is 5.92 Å². The number of H-pyrrole nitrogens is 1. The fourth-order valence-electron chi connectivity index (χ4n) is 3.87. The highest BCUT2D eigenvalue weighted by molar-refractivity contribution is 5.73. The predicted molar refractivity (Wildman–Crippen MR) is 127 cm³/mol. The maximum Gasteiger partial charge on any atom is 0.251 e. The zero-order valence-corrected chi connectivity index (χ0v) is 18.5. The van der Waals surface area contributed by atoms with E-state index < -0.39 is 0 Å². The Bertz CT molecular complexity index is 1320. The predicted octanol–water partition coefficient (Wildman–Crippen LogP) is 3.80. The van der Waals surface area contributed by atoms with E-state index in [0.29, 0.717) is 22.8 Å². The highest BCUT2D eigenvalue weighted by Gasteiger charge is 2.21. The summed E-state index contributed by atoms with van der Waals surface area (Å²) in [5, 5.41) is 7.33. The zero-order chi connectivity index (χ0) is 22.8. The number of hydrogen-bond donors (Lipinski definition) is 3. The van der Waals surface area contributed by atoms with E-state index in [9.17, 15) is 4.79 Å². The van der Waals surface area contributed by atoms with E-state index in [1.807, 2.05) is 43.4 Å². The third-order valence-electron chi connectivity index (χ3n) is 5.97. The van der Waals surface area contributed by atoms with E-state index in [-0.39, 0.29) is 11.4 Å². The number of hydrogen-bond acceptors (Lipinski definition) is 7. The number of anilines is 1. The summed E-state index contributed by atoms with van der Waals surface area (Å²) in [5.74, 6) is 1.45. The molecule has 0 spiro atoms. The summed E-state index contributed by atoms with van der Waals surface area (Å²) >= 11 is 0. The van der Waals surface area contributed by atoms with Crippen LogP contribution in [0.4, 0.5) is 5.82 Å². The minimum absolute atomic E-state index is 0.0522. The van der Waals surface area contributed by atoms with Crippen LogP contribution < -0.4 is 16.6 Å². The molecule has 0 aliphatic heterocycles. The third kappa shape index (κ3) is 4.70. The van der Waals surface area contributed by atoms with Gasteiger partial charge in [-0.05, 0) is 37.4 Å². The number of rotatable bonds is 8. The van der Waals surface area contributed by atoms with Crippen LogP contribution in [-0.2, 0) is 13.0 Å². The first kappa shape index (κ1) is 21.1. The number of nitrogens with one attached hydrogen (secondary N) is 2. The van der Waals surface area contributed by atoms with E-state index in [0.717, 1.165) is 42.0 Å². The van der Waals surface area contributed by atoms with Gasteiger partial charge in [0, 0.05) is 35.5 Å². The molecule has 0 bridgehead atoms. The van der Waals surface area contributed by atoms with Crippen LogP contribution in [0.1, 0.15) is 30.4 Å². The smallest absolute Gasteiger partial charge is 0.251 e. The Labute approximate surface area is 191 Å². The van der Waals surface area contributed by atoms with E-state index in [2.05, 4.69) is 25.4 Å². The molecule has 8 heteroatoms. The SMILES string of the molecule is CNCc1ccc(-c2cc(-c3nc(-c4c[nH]c(=O)c(CCC5CC5)c4)cnc3N)on2)cc1. The Morgan fingerprint density at radius 1 is 1.15 bits per heavy atom. The molecule has 0 unspecified atom stereocenters. The quantitative estimate of drug-likeness (QED) is 0.379. The van der Waals surface area contributed by atoms with E-state index in [1.165, 1.54) is 18.4 Å². The molecule has 1 saturated carbocycles. The van der Waals surface area contributed by atoms with Gasteiger partial charge >= 0.3 is 0 Å². The molecule has 1 aromatic carbocycles. The summed E-state index contributed by atoms with van der Waals surface area (Å²) in [6, 6.07) is 11.8. The number of nitrogens with two attached hydrogens (primary N) is 1. The summed E-state index contributed by atoms with van der Waals surface area (Å²) < 4.78 is 5.57. The van der Waals surface area contributed by atoms with Gasteiger partial charge in [-0.25, -0.2) is 9.97 Å². The molecule has 0 amide bonds. The van der Waals surface area contributed by atoms with Crippen molar-refractivity contribution in [2.45, 2.75) is 32.2 Å². The van der Waals surface area contributed by atoms with Crippen molar-refractivity contribution in [3.05, 3.63) is 70.3 Å². The average molecular weight is 443 g/mol. The fourth-order valence-corrected chi connectivity index (χ4v) is 3.87. The topological polar surface area (TPSA) is 123 Å². The summed E-state index contributed by atoms with van der Waals surface area (Å²) in [6.45, 7) is 0.802. The number of aromatic amines is 1. The van der Waals surface area contributed by atoms with Crippen molar-refractivity contribution in [2.75, 3.05) is 12.8 Å². The number of benzene rings is 1. The normalized spacial score (nSPS) is 13.4. The number of pyridine rings is 1. The zero-order valence-electron chi connectivity index (χ0n) is 18.5. The Morgan fingerprint density at radius 2 is 1.97 bits per heavy atom. The molecule has 33 heavy (non-hydrogen) atoms.